The Labute approximate surface area is 157 Å². The van der Waals surface area contributed by atoms with Gasteiger partial charge >= 0.3 is 0 Å². The number of nitrogens with one attached hydrogen (secondary N) is 1. The van der Waals surface area contributed by atoms with Gasteiger partial charge in [-0.2, -0.15) is 4.37 Å². The fourth-order valence-corrected chi connectivity index (χ4v) is 4.80. The van der Waals surface area contributed by atoms with Crippen LogP contribution in [0.4, 0.5) is 5.69 Å². The minimum Gasteiger partial charge on any atom is -0.347 e. The van der Waals surface area contributed by atoms with Gasteiger partial charge in [0.15, 0.2) is 0 Å². The molecule has 0 spiro atoms. The molecular formula is C19H24N4O2S. The number of hydrogen-bond donors (Lipinski definition) is 1. The minimum atomic E-state index is -0.0259. The third kappa shape index (κ3) is 3.10. The summed E-state index contributed by atoms with van der Waals surface area (Å²) >= 11 is 1.24. The van der Waals surface area contributed by atoms with Crippen molar-refractivity contribution in [2.24, 2.45) is 5.92 Å². The molecule has 0 unspecified atom stereocenters. The van der Waals surface area contributed by atoms with Gasteiger partial charge in [0.25, 0.3) is 5.91 Å². The predicted molar refractivity (Wildman–Crippen MR) is 104 cm³/mol. The van der Waals surface area contributed by atoms with Crippen LogP contribution in [0.2, 0.25) is 0 Å². The summed E-state index contributed by atoms with van der Waals surface area (Å²) in [7, 11) is 1.76. The molecule has 1 aromatic heterocycles. The summed E-state index contributed by atoms with van der Waals surface area (Å²) in [5.41, 5.74) is 1.57. The van der Waals surface area contributed by atoms with Gasteiger partial charge in [-0.25, -0.2) is 0 Å². The van der Waals surface area contributed by atoms with Gasteiger partial charge in [-0.05, 0) is 61.6 Å². The Morgan fingerprint density at radius 2 is 2.12 bits per heavy atom. The molecule has 2 aromatic rings. The van der Waals surface area contributed by atoms with Crippen molar-refractivity contribution in [3.05, 3.63) is 23.1 Å². The Morgan fingerprint density at radius 1 is 1.35 bits per heavy atom. The average Bonchev–Trinajstić information content (AvgIpc) is 3.11. The summed E-state index contributed by atoms with van der Waals surface area (Å²) in [6, 6.07) is 5.91. The maximum atomic E-state index is 12.8. The van der Waals surface area contributed by atoms with Crippen LogP contribution >= 0.6 is 11.5 Å². The Kier molecular flexibility index (Phi) is 4.67. The van der Waals surface area contributed by atoms with Gasteiger partial charge in [0.2, 0.25) is 5.91 Å². The lowest BCUT2D eigenvalue weighted by atomic mass is 9.84. The zero-order valence-corrected chi connectivity index (χ0v) is 16.0. The molecule has 3 aliphatic heterocycles. The molecule has 1 aromatic carbocycles. The molecule has 0 saturated carbocycles. The van der Waals surface area contributed by atoms with Gasteiger partial charge in [-0.15, -0.1) is 0 Å². The van der Waals surface area contributed by atoms with Crippen molar-refractivity contribution >= 4 is 39.9 Å². The van der Waals surface area contributed by atoms with E-state index in [0.29, 0.717) is 17.2 Å². The van der Waals surface area contributed by atoms with E-state index >= 15 is 0 Å². The molecule has 1 N–H and O–H groups in total. The largest absolute Gasteiger partial charge is 0.347 e. The van der Waals surface area contributed by atoms with Crippen molar-refractivity contribution in [2.75, 3.05) is 31.6 Å². The van der Waals surface area contributed by atoms with Crippen molar-refractivity contribution < 1.29 is 9.59 Å². The van der Waals surface area contributed by atoms with E-state index in [2.05, 4.69) is 14.6 Å². The lowest BCUT2D eigenvalue weighted by Gasteiger charge is -2.44. The normalized spacial score (nSPS) is 24.6. The summed E-state index contributed by atoms with van der Waals surface area (Å²) < 4.78 is 4.44. The van der Waals surface area contributed by atoms with Crippen LogP contribution in [0.5, 0.6) is 0 Å². The quantitative estimate of drug-likeness (QED) is 0.896. The molecule has 2 amide bonds. The fraction of sp³-hybridized carbons (Fsp3) is 0.526. The summed E-state index contributed by atoms with van der Waals surface area (Å²) in [5.74, 6) is 0.630. The minimum absolute atomic E-state index is 0.0259. The van der Waals surface area contributed by atoms with Crippen LogP contribution in [0, 0.1) is 5.92 Å². The predicted octanol–water partition coefficient (Wildman–Crippen LogP) is 2.49. The highest BCUT2D eigenvalue weighted by molar-refractivity contribution is 7.09. The first-order valence-electron chi connectivity index (χ1n) is 9.26. The number of carbonyl (C=O) groups is 2. The molecule has 2 bridgehead atoms. The topological polar surface area (TPSA) is 65.5 Å². The van der Waals surface area contributed by atoms with Gasteiger partial charge in [0.05, 0.1) is 5.52 Å². The number of piperidine rings is 3. The van der Waals surface area contributed by atoms with Crippen LogP contribution in [-0.2, 0) is 4.79 Å². The summed E-state index contributed by atoms with van der Waals surface area (Å²) in [4.78, 5) is 29.4. The van der Waals surface area contributed by atoms with Crippen LogP contribution in [0.1, 0.15) is 35.9 Å². The van der Waals surface area contributed by atoms with Crippen molar-refractivity contribution in [1.82, 2.24) is 14.6 Å². The van der Waals surface area contributed by atoms with E-state index in [0.717, 1.165) is 36.2 Å². The second-order valence-electron chi connectivity index (χ2n) is 7.24. The monoisotopic (exact) mass is 372 g/mol. The van der Waals surface area contributed by atoms with Crippen molar-refractivity contribution in [1.29, 1.82) is 0 Å². The Balaban J connectivity index is 1.53. The maximum Gasteiger partial charge on any atom is 0.263 e. The molecular weight excluding hydrogens is 348 g/mol. The lowest BCUT2D eigenvalue weighted by Crippen LogP contribution is -2.57. The molecule has 4 heterocycles. The molecule has 26 heavy (non-hydrogen) atoms. The van der Waals surface area contributed by atoms with Crippen LogP contribution < -0.4 is 10.2 Å². The highest BCUT2D eigenvalue weighted by Crippen LogP contribution is 2.30. The first-order chi connectivity index (χ1) is 12.6. The van der Waals surface area contributed by atoms with Gasteiger partial charge in [-0.3, -0.25) is 9.59 Å². The Hall–Kier alpha value is -1.99. The number of carbonyl (C=O) groups excluding carboxylic acids is 2. The van der Waals surface area contributed by atoms with E-state index in [4.69, 9.17) is 0 Å². The van der Waals surface area contributed by atoms with E-state index in [-0.39, 0.29) is 17.9 Å². The van der Waals surface area contributed by atoms with Crippen LogP contribution in [-0.4, -0.2) is 53.8 Å². The van der Waals surface area contributed by atoms with Gasteiger partial charge < -0.3 is 15.1 Å². The highest BCUT2D eigenvalue weighted by Gasteiger charge is 2.35. The third-order valence-electron chi connectivity index (χ3n) is 5.70. The fourth-order valence-electron chi connectivity index (χ4n) is 4.05. The van der Waals surface area contributed by atoms with E-state index in [1.165, 1.54) is 24.4 Å². The van der Waals surface area contributed by atoms with Gasteiger partial charge in [-0.1, -0.05) is 6.92 Å². The van der Waals surface area contributed by atoms with Crippen LogP contribution in [0.3, 0.4) is 0 Å². The zero-order chi connectivity index (χ0) is 18.3. The van der Waals surface area contributed by atoms with E-state index in [9.17, 15) is 9.59 Å². The van der Waals surface area contributed by atoms with E-state index < -0.39 is 0 Å². The molecule has 1 atom stereocenters. The molecule has 3 saturated heterocycles. The van der Waals surface area contributed by atoms with Crippen molar-refractivity contribution in [3.63, 3.8) is 0 Å². The molecule has 3 aliphatic rings. The molecule has 0 aliphatic carbocycles. The number of nitrogens with zero attached hydrogens (tertiary/aromatic N) is 3. The standard InChI is InChI=1S/C19H24N4O2S/c1-3-17(24)22(2)13-4-5-14-15(10-13)21-26-18(14)19(25)20-16-11-23-8-6-12(16)7-9-23/h4-5,10,12,16H,3,6-9,11H2,1-2H3,(H,20,25)/t16-/m1/s1. The SMILES string of the molecule is CCC(=O)N(C)c1ccc2c(C(=O)N[C@@H]3CN4CCC3CC4)snc2c1. The highest BCUT2D eigenvalue weighted by atomic mass is 32.1. The Morgan fingerprint density at radius 3 is 2.77 bits per heavy atom. The molecule has 5 rings (SSSR count). The van der Waals surface area contributed by atoms with Gasteiger partial charge in [0.1, 0.15) is 4.88 Å². The second kappa shape index (κ2) is 6.96. The zero-order valence-electron chi connectivity index (χ0n) is 15.2. The second-order valence-corrected chi connectivity index (χ2v) is 8.01. The van der Waals surface area contributed by atoms with Crippen LogP contribution in [0.25, 0.3) is 10.9 Å². The molecule has 3 fully saturated rings. The number of fused-ring (bicyclic) bond motifs is 4. The number of amides is 2. The summed E-state index contributed by atoms with van der Waals surface area (Å²) in [6.07, 6.45) is 2.81. The van der Waals surface area contributed by atoms with Crippen molar-refractivity contribution in [2.45, 2.75) is 32.2 Å². The number of anilines is 1. The number of hydrogen-bond acceptors (Lipinski definition) is 5. The molecule has 6 nitrogen and oxygen atoms in total. The number of benzene rings is 1. The van der Waals surface area contributed by atoms with E-state index in [1.54, 1.807) is 11.9 Å². The van der Waals surface area contributed by atoms with E-state index in [1.807, 2.05) is 25.1 Å². The first kappa shape index (κ1) is 17.4. The molecule has 7 heteroatoms. The van der Waals surface area contributed by atoms with Gasteiger partial charge in [0, 0.05) is 37.1 Å². The maximum absolute atomic E-state index is 12.8. The summed E-state index contributed by atoms with van der Waals surface area (Å²) in [6.45, 7) is 5.12. The lowest BCUT2D eigenvalue weighted by molar-refractivity contribution is -0.118. The number of aromatic nitrogens is 1. The average molecular weight is 372 g/mol. The number of rotatable bonds is 4. The molecule has 0 radical (unpaired) electrons. The van der Waals surface area contributed by atoms with Crippen LogP contribution in [0.15, 0.2) is 18.2 Å². The molecule has 138 valence electrons. The first-order valence-corrected chi connectivity index (χ1v) is 10.0. The van der Waals surface area contributed by atoms with Crippen molar-refractivity contribution in [3.8, 4) is 0 Å². The third-order valence-corrected chi connectivity index (χ3v) is 6.58. The summed E-state index contributed by atoms with van der Waals surface area (Å²) in [5, 5.41) is 4.09. The Bertz CT molecular complexity index is 841. The smallest absolute Gasteiger partial charge is 0.263 e.